The third kappa shape index (κ3) is 4.47. The Bertz CT molecular complexity index is 388. The van der Waals surface area contributed by atoms with Gasteiger partial charge in [-0.05, 0) is 44.2 Å². The zero-order valence-corrected chi connectivity index (χ0v) is 13.5. The van der Waals surface area contributed by atoms with Crippen LogP contribution < -0.4 is 4.74 Å². The molecule has 19 heavy (non-hydrogen) atoms. The standard InChI is InChI=1S/C15H22O3Si/c16-12-14(18-13-6-2-1-3-7-13)8-10-15(19)9-4-5-11-17-15/h1-3,6-7,12,14H,4-5,8-11H2,19H3. The second kappa shape index (κ2) is 6.87. The van der Waals surface area contributed by atoms with E-state index in [2.05, 4.69) is 0 Å². The smallest absolute Gasteiger partial charge is 0.160 e. The number of aldehydes is 1. The monoisotopic (exact) mass is 278 g/mol. The van der Waals surface area contributed by atoms with Crippen LogP contribution in [0, 0.1) is 0 Å². The highest BCUT2D eigenvalue weighted by Crippen LogP contribution is 2.27. The van der Waals surface area contributed by atoms with Gasteiger partial charge in [-0.1, -0.05) is 18.2 Å². The van der Waals surface area contributed by atoms with Crippen molar-refractivity contribution in [3.63, 3.8) is 0 Å². The summed E-state index contributed by atoms with van der Waals surface area (Å²) in [5, 5.41) is 0.0551. The second-order valence-electron chi connectivity index (χ2n) is 5.40. The summed E-state index contributed by atoms with van der Waals surface area (Å²) in [6.45, 7) is 0.870. The van der Waals surface area contributed by atoms with Crippen molar-refractivity contribution in [2.75, 3.05) is 6.61 Å². The number of ether oxygens (including phenoxy) is 2. The van der Waals surface area contributed by atoms with Crippen molar-refractivity contribution in [1.82, 2.24) is 0 Å². The quantitative estimate of drug-likeness (QED) is 0.586. The van der Waals surface area contributed by atoms with E-state index in [0.717, 1.165) is 48.1 Å². The van der Waals surface area contributed by atoms with Crippen molar-refractivity contribution < 1.29 is 14.3 Å². The summed E-state index contributed by atoms with van der Waals surface area (Å²) in [4.78, 5) is 11.1. The van der Waals surface area contributed by atoms with Crippen molar-refractivity contribution in [3.05, 3.63) is 30.3 Å². The molecule has 0 radical (unpaired) electrons. The Balaban J connectivity index is 1.84. The van der Waals surface area contributed by atoms with Crippen LogP contribution in [0.15, 0.2) is 30.3 Å². The molecule has 2 unspecified atom stereocenters. The van der Waals surface area contributed by atoms with Crippen LogP contribution in [-0.2, 0) is 9.53 Å². The summed E-state index contributed by atoms with van der Waals surface area (Å²) in [5.41, 5.74) is 0. The van der Waals surface area contributed by atoms with Crippen molar-refractivity contribution in [3.8, 4) is 5.75 Å². The minimum Gasteiger partial charge on any atom is -0.483 e. The summed E-state index contributed by atoms with van der Waals surface area (Å²) in [6, 6.07) is 9.52. The van der Waals surface area contributed by atoms with E-state index in [1.807, 2.05) is 30.3 Å². The van der Waals surface area contributed by atoms with Crippen molar-refractivity contribution in [2.24, 2.45) is 0 Å². The summed E-state index contributed by atoms with van der Waals surface area (Å²) in [7, 11) is 1.02. The summed E-state index contributed by atoms with van der Waals surface area (Å²) >= 11 is 0. The van der Waals surface area contributed by atoms with Crippen LogP contribution in [-0.4, -0.2) is 34.5 Å². The van der Waals surface area contributed by atoms with Gasteiger partial charge < -0.3 is 9.47 Å². The van der Waals surface area contributed by atoms with E-state index in [1.165, 1.54) is 12.8 Å². The van der Waals surface area contributed by atoms with Gasteiger partial charge in [-0.3, -0.25) is 4.79 Å². The lowest BCUT2D eigenvalue weighted by Crippen LogP contribution is -2.38. The van der Waals surface area contributed by atoms with E-state index in [4.69, 9.17) is 9.47 Å². The molecule has 3 nitrogen and oxygen atoms in total. The molecule has 1 fully saturated rings. The Hall–Kier alpha value is -1.13. The van der Waals surface area contributed by atoms with Crippen LogP contribution in [0.4, 0.5) is 0 Å². The van der Waals surface area contributed by atoms with Crippen molar-refractivity contribution in [1.29, 1.82) is 0 Å². The average Bonchev–Trinajstić information content (AvgIpc) is 2.45. The Labute approximate surface area is 117 Å². The first-order valence-corrected chi connectivity index (χ1v) is 8.03. The van der Waals surface area contributed by atoms with E-state index < -0.39 is 0 Å². The molecule has 1 saturated heterocycles. The van der Waals surface area contributed by atoms with Gasteiger partial charge in [0.25, 0.3) is 0 Å². The summed E-state index contributed by atoms with van der Waals surface area (Å²) < 4.78 is 11.6. The molecule has 1 aliphatic heterocycles. The third-order valence-corrected chi connectivity index (χ3v) is 4.98. The lowest BCUT2D eigenvalue weighted by molar-refractivity contribution is -0.114. The van der Waals surface area contributed by atoms with E-state index in [0.29, 0.717) is 0 Å². The molecule has 1 heterocycles. The van der Waals surface area contributed by atoms with E-state index >= 15 is 0 Å². The number of para-hydroxylation sites is 1. The molecule has 0 saturated carbocycles. The van der Waals surface area contributed by atoms with Crippen LogP contribution in [0.5, 0.6) is 5.75 Å². The van der Waals surface area contributed by atoms with Gasteiger partial charge in [-0.15, -0.1) is 0 Å². The molecule has 0 N–H and O–H groups in total. The van der Waals surface area contributed by atoms with Gasteiger partial charge in [0, 0.05) is 22.1 Å². The number of carbonyl (C=O) groups is 1. The molecule has 104 valence electrons. The Morgan fingerprint density at radius 3 is 2.79 bits per heavy atom. The maximum Gasteiger partial charge on any atom is 0.160 e. The SMILES string of the molecule is O=CC(CCC1([SiH3])CCCCO1)Oc1ccccc1. The van der Waals surface area contributed by atoms with Crippen LogP contribution in [0.1, 0.15) is 32.1 Å². The highest BCUT2D eigenvalue weighted by atomic mass is 28.1. The zero-order valence-electron chi connectivity index (χ0n) is 11.5. The van der Waals surface area contributed by atoms with Gasteiger partial charge in [-0.2, -0.15) is 0 Å². The van der Waals surface area contributed by atoms with Crippen LogP contribution in [0.2, 0.25) is 0 Å². The fraction of sp³-hybridized carbons (Fsp3) is 0.533. The van der Waals surface area contributed by atoms with E-state index in [1.54, 1.807) is 0 Å². The van der Waals surface area contributed by atoms with Gasteiger partial charge in [-0.25, -0.2) is 0 Å². The van der Waals surface area contributed by atoms with Crippen molar-refractivity contribution >= 4 is 16.5 Å². The highest BCUT2D eigenvalue weighted by molar-refractivity contribution is 6.14. The van der Waals surface area contributed by atoms with Gasteiger partial charge in [0.15, 0.2) is 12.4 Å². The minimum absolute atomic E-state index is 0.0551. The molecule has 2 atom stereocenters. The van der Waals surface area contributed by atoms with E-state index in [-0.39, 0.29) is 11.3 Å². The molecular formula is C15H22O3Si. The Kier molecular flexibility index (Phi) is 5.16. The van der Waals surface area contributed by atoms with Gasteiger partial charge in [0.2, 0.25) is 0 Å². The molecule has 0 aromatic heterocycles. The molecule has 4 heteroatoms. The predicted molar refractivity (Wildman–Crippen MR) is 78.6 cm³/mol. The first-order chi connectivity index (χ1) is 9.22. The Morgan fingerprint density at radius 1 is 1.37 bits per heavy atom. The molecule has 1 aliphatic rings. The highest BCUT2D eigenvalue weighted by Gasteiger charge is 2.28. The van der Waals surface area contributed by atoms with Gasteiger partial charge in [0.1, 0.15) is 5.75 Å². The molecule has 0 aliphatic carbocycles. The Morgan fingerprint density at radius 2 is 2.16 bits per heavy atom. The number of hydrogen-bond donors (Lipinski definition) is 0. The number of carbonyl (C=O) groups excluding carboxylic acids is 1. The molecular weight excluding hydrogens is 256 g/mol. The maximum atomic E-state index is 11.1. The normalized spacial score (nSPS) is 24.8. The van der Waals surface area contributed by atoms with Gasteiger partial charge >= 0.3 is 0 Å². The lowest BCUT2D eigenvalue weighted by Gasteiger charge is -2.34. The lowest BCUT2D eigenvalue weighted by atomic mass is 10.0. The van der Waals surface area contributed by atoms with Gasteiger partial charge in [0.05, 0.1) is 0 Å². The zero-order chi connectivity index (χ0) is 13.6. The fourth-order valence-electron chi connectivity index (χ4n) is 2.47. The number of benzene rings is 1. The minimum atomic E-state index is -0.362. The van der Waals surface area contributed by atoms with Crippen LogP contribution >= 0.6 is 0 Å². The molecule has 0 amide bonds. The topological polar surface area (TPSA) is 35.5 Å². The fourth-order valence-corrected chi connectivity index (χ4v) is 3.31. The first-order valence-electron chi connectivity index (χ1n) is 7.03. The summed E-state index contributed by atoms with van der Waals surface area (Å²) in [5.74, 6) is 0.756. The molecule has 2 rings (SSSR count). The predicted octanol–water partition coefficient (Wildman–Crippen LogP) is 1.68. The number of hydrogen-bond acceptors (Lipinski definition) is 3. The first kappa shape index (κ1) is 14.3. The van der Waals surface area contributed by atoms with Crippen molar-refractivity contribution in [2.45, 2.75) is 43.4 Å². The maximum absolute atomic E-state index is 11.1. The van der Waals surface area contributed by atoms with E-state index in [9.17, 15) is 4.79 Å². The largest absolute Gasteiger partial charge is 0.483 e. The molecule has 1 aromatic rings. The third-order valence-electron chi connectivity index (χ3n) is 3.69. The number of rotatable bonds is 6. The molecule has 1 aromatic carbocycles. The summed E-state index contributed by atoms with van der Waals surface area (Å²) in [6.07, 6.45) is 5.75. The second-order valence-corrected chi connectivity index (χ2v) is 7.22. The molecule has 0 spiro atoms. The molecule has 0 bridgehead atoms. The van der Waals surface area contributed by atoms with Crippen LogP contribution in [0.25, 0.3) is 0 Å². The average molecular weight is 278 g/mol. The van der Waals surface area contributed by atoms with Crippen LogP contribution in [0.3, 0.4) is 0 Å².